The average molecular weight is 363 g/mol. The highest BCUT2D eigenvalue weighted by molar-refractivity contribution is 9.10. The number of carbonyl (C=O) groups is 1. The molecule has 1 saturated heterocycles. The number of hydrogen-bond acceptors (Lipinski definition) is 3. The molecule has 1 aliphatic rings. The molecule has 1 aliphatic heterocycles. The van der Waals surface area contributed by atoms with E-state index in [0.717, 1.165) is 36.0 Å². The number of halogens is 1. The molecule has 2 N–H and O–H groups in total. The molecule has 1 fully saturated rings. The molecule has 0 aliphatic carbocycles. The average Bonchev–Trinajstić information content (AvgIpc) is 3.05. The van der Waals surface area contributed by atoms with Crippen molar-refractivity contribution in [3.63, 3.8) is 0 Å². The highest BCUT2D eigenvalue weighted by Gasteiger charge is 2.17. The van der Waals surface area contributed by atoms with E-state index in [1.165, 1.54) is 0 Å². The summed E-state index contributed by atoms with van der Waals surface area (Å²) < 4.78 is 2.93. The summed E-state index contributed by atoms with van der Waals surface area (Å²) in [7, 11) is 0. The third-order valence-corrected chi connectivity index (χ3v) is 4.38. The van der Waals surface area contributed by atoms with E-state index in [4.69, 9.17) is 0 Å². The molecule has 0 radical (unpaired) electrons. The monoisotopic (exact) mass is 362 g/mol. The molecule has 1 unspecified atom stereocenters. The van der Waals surface area contributed by atoms with Crippen molar-refractivity contribution in [2.45, 2.75) is 25.4 Å². The van der Waals surface area contributed by atoms with Crippen LogP contribution in [0.3, 0.4) is 0 Å². The number of carbonyl (C=O) groups excluding carboxylic acids is 1. The zero-order valence-corrected chi connectivity index (χ0v) is 13.8. The molecule has 1 aromatic carbocycles. The molecular weight excluding hydrogens is 344 g/mol. The first kappa shape index (κ1) is 15.2. The number of nitrogens with zero attached hydrogens (tertiary/aromatic N) is 2. The molecule has 0 spiro atoms. The fraction of sp³-hybridized carbons (Fsp3) is 0.375. The molecule has 3 rings (SSSR count). The SMILES string of the molecule is O=C(NCc1ccc(Br)cc1)c1ccn(C2CCCNC2)n1. The second kappa shape index (κ2) is 7.07. The van der Waals surface area contributed by atoms with Crippen LogP contribution in [0.5, 0.6) is 0 Å². The number of rotatable bonds is 4. The maximum atomic E-state index is 12.2. The summed E-state index contributed by atoms with van der Waals surface area (Å²) in [4.78, 5) is 12.2. The highest BCUT2D eigenvalue weighted by atomic mass is 79.9. The summed E-state index contributed by atoms with van der Waals surface area (Å²) >= 11 is 3.40. The molecule has 2 heterocycles. The Kier molecular flexibility index (Phi) is 4.90. The number of benzene rings is 1. The fourth-order valence-corrected chi connectivity index (χ4v) is 2.86. The molecule has 1 atom stereocenters. The van der Waals surface area contributed by atoms with Gasteiger partial charge >= 0.3 is 0 Å². The van der Waals surface area contributed by atoms with Gasteiger partial charge in [0, 0.05) is 23.8 Å². The van der Waals surface area contributed by atoms with E-state index in [0.29, 0.717) is 18.3 Å². The van der Waals surface area contributed by atoms with Gasteiger partial charge in [0.25, 0.3) is 5.91 Å². The van der Waals surface area contributed by atoms with Crippen molar-refractivity contribution in [1.82, 2.24) is 20.4 Å². The van der Waals surface area contributed by atoms with Gasteiger partial charge in [0.05, 0.1) is 6.04 Å². The molecule has 6 heteroatoms. The lowest BCUT2D eigenvalue weighted by Gasteiger charge is -2.22. The minimum Gasteiger partial charge on any atom is -0.347 e. The van der Waals surface area contributed by atoms with Crippen molar-refractivity contribution < 1.29 is 4.79 Å². The van der Waals surface area contributed by atoms with Gasteiger partial charge < -0.3 is 10.6 Å². The lowest BCUT2D eigenvalue weighted by atomic mass is 10.1. The normalized spacial score (nSPS) is 18.1. The van der Waals surface area contributed by atoms with Gasteiger partial charge in [-0.2, -0.15) is 5.10 Å². The van der Waals surface area contributed by atoms with Gasteiger partial charge in [-0.05, 0) is 43.1 Å². The predicted octanol–water partition coefficient (Wildman–Crippen LogP) is 2.50. The van der Waals surface area contributed by atoms with Gasteiger partial charge in [0.2, 0.25) is 0 Å². The summed E-state index contributed by atoms with van der Waals surface area (Å²) in [6, 6.07) is 10.0. The molecule has 2 aromatic rings. The molecular formula is C16H19BrN4O. The third kappa shape index (κ3) is 3.75. The van der Waals surface area contributed by atoms with Crippen molar-refractivity contribution >= 4 is 21.8 Å². The van der Waals surface area contributed by atoms with E-state index in [1.54, 1.807) is 6.07 Å². The Hall–Kier alpha value is -1.66. The van der Waals surface area contributed by atoms with Crippen LogP contribution < -0.4 is 10.6 Å². The lowest BCUT2D eigenvalue weighted by molar-refractivity contribution is 0.0944. The first-order valence-corrected chi connectivity index (χ1v) is 8.30. The van der Waals surface area contributed by atoms with Gasteiger partial charge in [0.1, 0.15) is 5.69 Å². The Morgan fingerprint density at radius 1 is 1.36 bits per heavy atom. The number of amides is 1. The second-order valence-electron chi connectivity index (χ2n) is 5.49. The first-order chi connectivity index (χ1) is 10.7. The van der Waals surface area contributed by atoms with Gasteiger partial charge in [0.15, 0.2) is 0 Å². The molecule has 0 saturated carbocycles. The Balaban J connectivity index is 1.58. The first-order valence-electron chi connectivity index (χ1n) is 7.51. The predicted molar refractivity (Wildman–Crippen MR) is 88.7 cm³/mol. The zero-order valence-electron chi connectivity index (χ0n) is 12.3. The van der Waals surface area contributed by atoms with E-state index in [1.807, 2.05) is 35.1 Å². The summed E-state index contributed by atoms with van der Waals surface area (Å²) in [5.41, 5.74) is 1.54. The largest absolute Gasteiger partial charge is 0.347 e. The standard InChI is InChI=1S/C16H19BrN4O/c17-13-5-3-12(4-6-13)10-19-16(22)15-7-9-21(20-15)14-2-1-8-18-11-14/h3-7,9,14,18H,1-2,8,10-11H2,(H,19,22). The maximum absolute atomic E-state index is 12.2. The van der Waals surface area contributed by atoms with Crippen molar-refractivity contribution in [2.75, 3.05) is 13.1 Å². The Morgan fingerprint density at radius 2 is 2.18 bits per heavy atom. The van der Waals surface area contributed by atoms with Gasteiger partial charge in [-0.25, -0.2) is 0 Å². The van der Waals surface area contributed by atoms with Crippen LogP contribution in [0, 0.1) is 0 Å². The smallest absolute Gasteiger partial charge is 0.272 e. The van der Waals surface area contributed by atoms with Crippen LogP contribution in [0.25, 0.3) is 0 Å². The Bertz CT molecular complexity index is 632. The summed E-state index contributed by atoms with van der Waals surface area (Å²) in [5.74, 6) is -0.134. The van der Waals surface area contributed by atoms with Crippen LogP contribution in [0.1, 0.15) is 34.9 Å². The molecule has 1 aromatic heterocycles. The lowest BCUT2D eigenvalue weighted by Crippen LogP contribution is -2.32. The number of piperidine rings is 1. The molecule has 5 nitrogen and oxygen atoms in total. The van der Waals surface area contributed by atoms with Crippen molar-refractivity contribution in [3.05, 3.63) is 52.3 Å². The van der Waals surface area contributed by atoms with Crippen molar-refractivity contribution in [2.24, 2.45) is 0 Å². The van der Waals surface area contributed by atoms with Crippen LogP contribution >= 0.6 is 15.9 Å². The Labute approximate surface area is 138 Å². The molecule has 0 bridgehead atoms. The van der Waals surface area contributed by atoms with E-state index < -0.39 is 0 Å². The fourth-order valence-electron chi connectivity index (χ4n) is 2.60. The van der Waals surface area contributed by atoms with Gasteiger partial charge in [-0.15, -0.1) is 0 Å². The topological polar surface area (TPSA) is 59.0 Å². The minimum absolute atomic E-state index is 0.134. The summed E-state index contributed by atoms with van der Waals surface area (Å²) in [5, 5.41) is 10.7. The highest BCUT2D eigenvalue weighted by Crippen LogP contribution is 2.16. The van der Waals surface area contributed by atoms with E-state index in [9.17, 15) is 4.79 Å². The van der Waals surface area contributed by atoms with Crippen molar-refractivity contribution in [1.29, 1.82) is 0 Å². The quantitative estimate of drug-likeness (QED) is 0.878. The number of hydrogen-bond donors (Lipinski definition) is 2. The zero-order chi connectivity index (χ0) is 15.4. The number of nitrogens with one attached hydrogen (secondary N) is 2. The minimum atomic E-state index is -0.134. The van der Waals surface area contributed by atoms with E-state index in [-0.39, 0.29) is 5.91 Å². The van der Waals surface area contributed by atoms with Crippen LogP contribution in [0.15, 0.2) is 41.0 Å². The number of aromatic nitrogens is 2. The van der Waals surface area contributed by atoms with Crippen LogP contribution in [0.4, 0.5) is 0 Å². The molecule has 1 amide bonds. The molecule has 116 valence electrons. The second-order valence-corrected chi connectivity index (χ2v) is 6.41. The van der Waals surface area contributed by atoms with E-state index in [2.05, 4.69) is 31.7 Å². The van der Waals surface area contributed by atoms with Crippen LogP contribution in [-0.2, 0) is 6.54 Å². The summed E-state index contributed by atoms with van der Waals surface area (Å²) in [6.45, 7) is 2.49. The van der Waals surface area contributed by atoms with Gasteiger partial charge in [-0.3, -0.25) is 9.48 Å². The summed E-state index contributed by atoms with van der Waals surface area (Å²) in [6.07, 6.45) is 4.15. The van der Waals surface area contributed by atoms with E-state index >= 15 is 0 Å². The van der Waals surface area contributed by atoms with Crippen LogP contribution in [0.2, 0.25) is 0 Å². The molecule has 22 heavy (non-hydrogen) atoms. The Morgan fingerprint density at radius 3 is 2.91 bits per heavy atom. The third-order valence-electron chi connectivity index (χ3n) is 3.85. The van der Waals surface area contributed by atoms with Crippen LogP contribution in [-0.4, -0.2) is 28.8 Å². The maximum Gasteiger partial charge on any atom is 0.272 e. The van der Waals surface area contributed by atoms with Gasteiger partial charge in [-0.1, -0.05) is 28.1 Å². The van der Waals surface area contributed by atoms with Crippen molar-refractivity contribution in [3.8, 4) is 0 Å².